The molecule has 1 atom stereocenters. The average molecular weight is 204 g/mol. The molecule has 1 unspecified atom stereocenters. The van der Waals surface area contributed by atoms with Gasteiger partial charge in [-0.05, 0) is 35.4 Å². The standard InChI is InChI=1S/C13H16O2/c1-8-5-4-6-9-10(12(14)15)7-13(2,3)11(8)9/h4-6,10H,7H2,1-3H3,(H,14,15). The first-order chi connectivity index (χ1) is 6.93. The van der Waals surface area contributed by atoms with Crippen LogP contribution >= 0.6 is 0 Å². The van der Waals surface area contributed by atoms with Crippen LogP contribution in [-0.2, 0) is 10.2 Å². The van der Waals surface area contributed by atoms with Crippen LogP contribution in [0.4, 0.5) is 0 Å². The van der Waals surface area contributed by atoms with Crippen molar-refractivity contribution in [2.45, 2.75) is 38.5 Å². The van der Waals surface area contributed by atoms with Crippen molar-refractivity contribution in [1.82, 2.24) is 0 Å². The molecule has 0 spiro atoms. The molecular formula is C13H16O2. The molecule has 0 saturated carbocycles. The van der Waals surface area contributed by atoms with Crippen molar-refractivity contribution in [3.05, 3.63) is 34.9 Å². The zero-order chi connectivity index (χ0) is 11.2. The second-order valence-electron chi connectivity index (χ2n) is 5.02. The van der Waals surface area contributed by atoms with Crippen molar-refractivity contribution in [1.29, 1.82) is 0 Å². The molecule has 0 amide bonds. The van der Waals surface area contributed by atoms with E-state index in [0.29, 0.717) is 6.42 Å². The Morgan fingerprint density at radius 3 is 2.73 bits per heavy atom. The van der Waals surface area contributed by atoms with E-state index in [1.165, 1.54) is 11.1 Å². The number of carboxylic acids is 1. The number of hydrogen-bond donors (Lipinski definition) is 1. The number of aryl methyl sites for hydroxylation is 1. The van der Waals surface area contributed by atoms with E-state index in [1.54, 1.807) is 0 Å². The zero-order valence-electron chi connectivity index (χ0n) is 9.37. The minimum absolute atomic E-state index is 0.0102. The fourth-order valence-electron chi connectivity index (χ4n) is 2.85. The lowest BCUT2D eigenvalue weighted by molar-refractivity contribution is -0.139. The molecule has 2 rings (SSSR count). The molecule has 0 fully saturated rings. The van der Waals surface area contributed by atoms with Crippen molar-refractivity contribution < 1.29 is 9.90 Å². The highest BCUT2D eigenvalue weighted by Crippen LogP contribution is 2.47. The van der Waals surface area contributed by atoms with Crippen LogP contribution in [-0.4, -0.2) is 11.1 Å². The van der Waals surface area contributed by atoms with Crippen molar-refractivity contribution in [2.24, 2.45) is 0 Å². The average Bonchev–Trinajstić information content (AvgIpc) is 2.39. The van der Waals surface area contributed by atoms with Gasteiger partial charge in [-0.3, -0.25) is 4.79 Å². The third-order valence-electron chi connectivity index (χ3n) is 3.37. The van der Waals surface area contributed by atoms with Gasteiger partial charge in [-0.15, -0.1) is 0 Å². The molecule has 0 bridgehead atoms. The summed E-state index contributed by atoms with van der Waals surface area (Å²) in [6.07, 6.45) is 0.711. The molecule has 2 nitrogen and oxygen atoms in total. The summed E-state index contributed by atoms with van der Waals surface area (Å²) >= 11 is 0. The molecule has 0 radical (unpaired) electrons. The van der Waals surface area contributed by atoms with E-state index in [0.717, 1.165) is 5.56 Å². The fourth-order valence-corrected chi connectivity index (χ4v) is 2.85. The predicted octanol–water partition coefficient (Wildman–Crippen LogP) is 2.84. The Hall–Kier alpha value is -1.31. The Morgan fingerprint density at radius 2 is 2.13 bits per heavy atom. The summed E-state index contributed by atoms with van der Waals surface area (Å²) in [5.41, 5.74) is 3.44. The lowest BCUT2D eigenvalue weighted by Gasteiger charge is -2.20. The summed E-state index contributed by atoms with van der Waals surface area (Å²) in [7, 11) is 0. The molecule has 1 N–H and O–H groups in total. The maximum atomic E-state index is 11.2. The van der Waals surface area contributed by atoms with Gasteiger partial charge in [0.1, 0.15) is 0 Å². The lowest BCUT2D eigenvalue weighted by Crippen LogP contribution is -2.15. The van der Waals surface area contributed by atoms with E-state index in [1.807, 2.05) is 12.1 Å². The van der Waals surface area contributed by atoms with Gasteiger partial charge in [0.05, 0.1) is 5.92 Å². The Kier molecular flexibility index (Phi) is 2.10. The van der Waals surface area contributed by atoms with E-state index >= 15 is 0 Å². The highest BCUT2D eigenvalue weighted by molar-refractivity contribution is 5.79. The quantitative estimate of drug-likeness (QED) is 0.763. The van der Waals surface area contributed by atoms with Gasteiger partial charge in [-0.1, -0.05) is 32.0 Å². The second-order valence-corrected chi connectivity index (χ2v) is 5.02. The van der Waals surface area contributed by atoms with E-state index in [9.17, 15) is 9.90 Å². The smallest absolute Gasteiger partial charge is 0.311 e. The van der Waals surface area contributed by atoms with Crippen LogP contribution in [0.15, 0.2) is 18.2 Å². The van der Waals surface area contributed by atoms with Gasteiger partial charge < -0.3 is 5.11 Å². The summed E-state index contributed by atoms with van der Waals surface area (Å²) in [6, 6.07) is 5.96. The Morgan fingerprint density at radius 1 is 1.47 bits per heavy atom. The molecule has 0 aliphatic heterocycles. The number of aliphatic carboxylic acids is 1. The van der Waals surface area contributed by atoms with Crippen LogP contribution in [0, 0.1) is 6.92 Å². The van der Waals surface area contributed by atoms with Crippen LogP contribution in [0.5, 0.6) is 0 Å². The number of carboxylic acid groups (broad SMARTS) is 1. The van der Waals surface area contributed by atoms with Gasteiger partial charge in [0.25, 0.3) is 0 Å². The molecule has 15 heavy (non-hydrogen) atoms. The van der Waals surface area contributed by atoms with E-state index in [-0.39, 0.29) is 11.3 Å². The number of hydrogen-bond acceptors (Lipinski definition) is 1. The van der Waals surface area contributed by atoms with Crippen molar-refractivity contribution in [3.63, 3.8) is 0 Å². The number of benzene rings is 1. The van der Waals surface area contributed by atoms with Gasteiger partial charge in [-0.2, -0.15) is 0 Å². The summed E-state index contributed by atoms with van der Waals surface area (Å²) in [5.74, 6) is -1.03. The Labute approximate surface area is 89.9 Å². The Balaban J connectivity index is 2.63. The van der Waals surface area contributed by atoms with Crippen molar-refractivity contribution >= 4 is 5.97 Å². The minimum atomic E-state index is -0.701. The monoisotopic (exact) mass is 204 g/mol. The first kappa shape index (κ1) is 10.2. The lowest BCUT2D eigenvalue weighted by atomic mass is 9.84. The first-order valence-electron chi connectivity index (χ1n) is 5.26. The largest absolute Gasteiger partial charge is 0.481 e. The SMILES string of the molecule is Cc1cccc2c1C(C)(C)CC2C(=O)O. The molecule has 2 heteroatoms. The van der Waals surface area contributed by atoms with Crippen LogP contribution < -0.4 is 0 Å². The van der Waals surface area contributed by atoms with Gasteiger partial charge in [-0.25, -0.2) is 0 Å². The highest BCUT2D eigenvalue weighted by Gasteiger charge is 2.40. The van der Waals surface area contributed by atoms with Gasteiger partial charge >= 0.3 is 5.97 Å². The van der Waals surface area contributed by atoms with Crippen molar-refractivity contribution in [2.75, 3.05) is 0 Å². The molecule has 0 aromatic heterocycles. The molecule has 1 aromatic rings. The number of carbonyl (C=O) groups is 1. The third-order valence-corrected chi connectivity index (χ3v) is 3.37. The van der Waals surface area contributed by atoms with Crippen molar-refractivity contribution in [3.8, 4) is 0 Å². The van der Waals surface area contributed by atoms with Gasteiger partial charge in [0, 0.05) is 0 Å². The molecule has 1 aromatic carbocycles. The summed E-state index contributed by atoms with van der Waals surface area (Å²) in [4.78, 5) is 11.2. The number of rotatable bonds is 1. The maximum Gasteiger partial charge on any atom is 0.311 e. The topological polar surface area (TPSA) is 37.3 Å². The molecular weight excluding hydrogens is 188 g/mol. The van der Waals surface area contributed by atoms with E-state index in [4.69, 9.17) is 0 Å². The predicted molar refractivity (Wildman–Crippen MR) is 59.2 cm³/mol. The van der Waals surface area contributed by atoms with E-state index < -0.39 is 5.97 Å². The maximum absolute atomic E-state index is 11.2. The molecule has 1 aliphatic carbocycles. The van der Waals surface area contributed by atoms with E-state index in [2.05, 4.69) is 26.8 Å². The summed E-state index contributed by atoms with van der Waals surface area (Å²) in [5, 5.41) is 9.18. The fraction of sp³-hybridized carbons (Fsp3) is 0.462. The van der Waals surface area contributed by atoms with Gasteiger partial charge in [0.15, 0.2) is 0 Å². The zero-order valence-corrected chi connectivity index (χ0v) is 9.37. The van der Waals surface area contributed by atoms with Gasteiger partial charge in [0.2, 0.25) is 0 Å². The minimum Gasteiger partial charge on any atom is -0.481 e. The second kappa shape index (κ2) is 3.09. The van der Waals surface area contributed by atoms with Crippen LogP contribution in [0.1, 0.15) is 42.9 Å². The summed E-state index contributed by atoms with van der Waals surface area (Å²) in [6.45, 7) is 6.31. The van der Waals surface area contributed by atoms with Crippen LogP contribution in [0.3, 0.4) is 0 Å². The number of fused-ring (bicyclic) bond motifs is 1. The van der Waals surface area contributed by atoms with Crippen LogP contribution in [0.2, 0.25) is 0 Å². The molecule has 0 heterocycles. The Bertz CT molecular complexity index is 419. The highest BCUT2D eigenvalue weighted by atomic mass is 16.4. The molecule has 80 valence electrons. The first-order valence-corrected chi connectivity index (χ1v) is 5.26. The molecule has 0 saturated heterocycles. The van der Waals surface area contributed by atoms with Crippen LogP contribution in [0.25, 0.3) is 0 Å². The third kappa shape index (κ3) is 1.44. The normalized spacial score (nSPS) is 22.5. The molecule has 1 aliphatic rings. The summed E-state index contributed by atoms with van der Waals surface area (Å²) < 4.78 is 0.